The van der Waals surface area contributed by atoms with Crippen molar-refractivity contribution in [2.24, 2.45) is 17.8 Å². The fourth-order valence-electron chi connectivity index (χ4n) is 5.36. The predicted molar refractivity (Wildman–Crippen MR) is 125 cm³/mol. The van der Waals surface area contributed by atoms with Gasteiger partial charge in [0.2, 0.25) is 5.79 Å². The van der Waals surface area contributed by atoms with Crippen molar-refractivity contribution in [3.63, 3.8) is 0 Å². The maximum Gasteiger partial charge on any atom is 0.225 e. The Morgan fingerprint density at radius 1 is 1.13 bits per heavy atom. The van der Waals surface area contributed by atoms with Crippen molar-refractivity contribution >= 4 is 0 Å². The smallest absolute Gasteiger partial charge is 0.225 e. The van der Waals surface area contributed by atoms with Gasteiger partial charge in [-0.3, -0.25) is 0 Å². The third-order valence-corrected chi connectivity index (χ3v) is 7.98. The molecule has 0 amide bonds. The van der Waals surface area contributed by atoms with Crippen molar-refractivity contribution in [2.45, 2.75) is 98.2 Å². The average molecular weight is 433 g/mol. The molecule has 4 heteroatoms. The highest BCUT2D eigenvalue weighted by atomic mass is 16.8. The van der Waals surface area contributed by atoms with Gasteiger partial charge in [-0.25, -0.2) is 0 Å². The molecular formula is C27H44O4. The molecule has 0 radical (unpaired) electrons. The molecule has 0 N–H and O–H groups in total. The maximum atomic E-state index is 6.71. The molecule has 31 heavy (non-hydrogen) atoms. The molecule has 1 saturated heterocycles. The highest BCUT2D eigenvalue weighted by molar-refractivity contribution is 5.42. The topological polar surface area (TPSA) is 36.9 Å². The number of hydrogen-bond acceptors (Lipinski definition) is 4. The summed E-state index contributed by atoms with van der Waals surface area (Å²) in [5.74, 6) is 1.05. The van der Waals surface area contributed by atoms with Crippen LogP contribution in [0.5, 0.6) is 0 Å². The van der Waals surface area contributed by atoms with Gasteiger partial charge in [0.15, 0.2) is 0 Å². The molecule has 1 aliphatic carbocycles. The number of benzene rings is 1. The van der Waals surface area contributed by atoms with Crippen molar-refractivity contribution in [3.8, 4) is 0 Å². The first kappa shape index (κ1) is 24.7. The molecule has 1 aromatic rings. The fraction of sp³-hybridized carbons (Fsp3) is 0.778. The van der Waals surface area contributed by atoms with E-state index in [1.165, 1.54) is 29.5 Å². The second kappa shape index (κ2) is 9.51. The van der Waals surface area contributed by atoms with Crippen molar-refractivity contribution < 1.29 is 18.9 Å². The standard InChI is InChI=1S/C27H44O4/c1-17(2)23-12-10-18(3)14-25(23)29-15-22-16-30-27(31-22,26(7,8)28-9)24-13-11-19(4)20(5)21(24)6/h11,13,17-18,22-23,25H,10,12,14-16H2,1-9H3. The quantitative estimate of drug-likeness (QED) is 0.523. The molecular weight excluding hydrogens is 388 g/mol. The van der Waals surface area contributed by atoms with Crippen molar-refractivity contribution in [2.75, 3.05) is 20.3 Å². The first-order chi connectivity index (χ1) is 14.5. The molecule has 1 heterocycles. The van der Waals surface area contributed by atoms with Crippen molar-refractivity contribution in [3.05, 3.63) is 34.4 Å². The van der Waals surface area contributed by atoms with Crippen LogP contribution in [0.15, 0.2) is 12.1 Å². The van der Waals surface area contributed by atoms with Gasteiger partial charge >= 0.3 is 0 Å². The minimum Gasteiger partial charge on any atom is -0.375 e. The minimum absolute atomic E-state index is 0.111. The summed E-state index contributed by atoms with van der Waals surface area (Å²) in [4.78, 5) is 0. The van der Waals surface area contributed by atoms with Crippen molar-refractivity contribution in [1.29, 1.82) is 0 Å². The Morgan fingerprint density at radius 2 is 1.84 bits per heavy atom. The minimum atomic E-state index is -0.949. The number of aryl methyl sites for hydroxylation is 1. The van der Waals surface area contributed by atoms with Gasteiger partial charge in [0, 0.05) is 12.7 Å². The lowest BCUT2D eigenvalue weighted by molar-refractivity contribution is -0.284. The van der Waals surface area contributed by atoms with Gasteiger partial charge in [0.25, 0.3) is 0 Å². The Bertz CT molecular complexity index is 756. The first-order valence-corrected chi connectivity index (χ1v) is 12.1. The van der Waals surface area contributed by atoms with E-state index in [1.807, 2.05) is 13.8 Å². The second-order valence-electron chi connectivity index (χ2n) is 10.8. The molecule has 1 saturated carbocycles. The molecule has 5 atom stereocenters. The van der Waals surface area contributed by atoms with Crippen LogP contribution in [-0.4, -0.2) is 38.1 Å². The highest BCUT2D eigenvalue weighted by Gasteiger charge is 2.56. The summed E-state index contributed by atoms with van der Waals surface area (Å²) >= 11 is 0. The Morgan fingerprint density at radius 3 is 2.48 bits per heavy atom. The summed E-state index contributed by atoms with van der Waals surface area (Å²) < 4.78 is 25.6. The molecule has 3 rings (SSSR count). The Hall–Kier alpha value is -0.940. The van der Waals surface area contributed by atoms with Crippen LogP contribution < -0.4 is 0 Å². The lowest BCUT2D eigenvalue weighted by atomic mass is 9.75. The summed E-state index contributed by atoms with van der Waals surface area (Å²) in [6.45, 7) is 18.6. The van der Waals surface area contributed by atoms with Gasteiger partial charge in [-0.2, -0.15) is 0 Å². The van der Waals surface area contributed by atoms with Crippen LogP contribution in [0.3, 0.4) is 0 Å². The van der Waals surface area contributed by atoms with E-state index in [2.05, 4.69) is 53.7 Å². The summed E-state index contributed by atoms with van der Waals surface area (Å²) in [6, 6.07) is 4.29. The molecule has 5 unspecified atom stereocenters. The Balaban J connectivity index is 1.80. The van der Waals surface area contributed by atoms with Crippen molar-refractivity contribution in [1.82, 2.24) is 0 Å². The Kier molecular flexibility index (Phi) is 7.57. The van der Waals surface area contributed by atoms with Crippen LogP contribution in [0.2, 0.25) is 0 Å². The molecule has 2 fully saturated rings. The zero-order chi connectivity index (χ0) is 23.0. The lowest BCUT2D eigenvalue weighted by Crippen LogP contribution is -2.51. The molecule has 4 nitrogen and oxygen atoms in total. The van der Waals surface area contributed by atoms with E-state index in [0.717, 1.165) is 17.9 Å². The van der Waals surface area contributed by atoms with Crippen LogP contribution in [0, 0.1) is 38.5 Å². The van der Waals surface area contributed by atoms with E-state index in [0.29, 0.717) is 31.2 Å². The summed E-state index contributed by atoms with van der Waals surface area (Å²) in [5.41, 5.74) is 4.15. The lowest BCUT2D eigenvalue weighted by Gasteiger charge is -2.42. The number of hydrogen-bond donors (Lipinski definition) is 0. The molecule has 0 bridgehead atoms. The fourth-order valence-corrected chi connectivity index (χ4v) is 5.36. The van der Waals surface area contributed by atoms with Gasteiger partial charge in [-0.1, -0.05) is 39.3 Å². The summed E-state index contributed by atoms with van der Waals surface area (Å²) in [6.07, 6.45) is 3.90. The molecule has 2 aliphatic rings. The zero-order valence-electron chi connectivity index (χ0n) is 21.2. The Labute approximate surface area is 190 Å². The van der Waals surface area contributed by atoms with E-state index in [9.17, 15) is 0 Å². The molecule has 0 spiro atoms. The summed E-state index contributed by atoms with van der Waals surface area (Å²) in [5, 5.41) is 0. The number of rotatable bonds is 7. The molecule has 1 aliphatic heterocycles. The molecule has 176 valence electrons. The van der Waals surface area contributed by atoms with E-state index < -0.39 is 11.4 Å². The van der Waals surface area contributed by atoms with Gasteiger partial charge < -0.3 is 18.9 Å². The SMILES string of the molecule is COC(C)(C)C1(c2ccc(C)c(C)c2C)OCC(COC2CC(C)CCC2C(C)C)O1. The molecule has 0 aromatic heterocycles. The second-order valence-corrected chi connectivity index (χ2v) is 10.8. The molecule has 1 aromatic carbocycles. The normalized spacial score (nSPS) is 32.1. The van der Waals surface area contributed by atoms with E-state index in [-0.39, 0.29) is 6.10 Å². The van der Waals surface area contributed by atoms with Gasteiger partial charge in [-0.15, -0.1) is 0 Å². The van der Waals surface area contributed by atoms with Crippen LogP contribution in [0.4, 0.5) is 0 Å². The van der Waals surface area contributed by atoms with Crippen LogP contribution >= 0.6 is 0 Å². The highest BCUT2D eigenvalue weighted by Crippen LogP contribution is 2.47. The number of methoxy groups -OCH3 is 1. The van der Waals surface area contributed by atoms with E-state index in [1.54, 1.807) is 7.11 Å². The summed E-state index contributed by atoms with van der Waals surface area (Å²) in [7, 11) is 1.73. The third kappa shape index (κ3) is 4.73. The maximum absolute atomic E-state index is 6.71. The van der Waals surface area contributed by atoms with Crippen LogP contribution in [0.25, 0.3) is 0 Å². The van der Waals surface area contributed by atoms with Gasteiger partial charge in [0.05, 0.1) is 19.3 Å². The van der Waals surface area contributed by atoms with Gasteiger partial charge in [0.1, 0.15) is 11.7 Å². The number of ether oxygens (including phenoxy) is 4. The van der Waals surface area contributed by atoms with Crippen LogP contribution in [-0.2, 0) is 24.7 Å². The monoisotopic (exact) mass is 432 g/mol. The zero-order valence-corrected chi connectivity index (χ0v) is 21.2. The average Bonchev–Trinajstić information content (AvgIpc) is 3.16. The van der Waals surface area contributed by atoms with Crippen LogP contribution in [0.1, 0.15) is 76.1 Å². The first-order valence-electron chi connectivity index (χ1n) is 12.1. The predicted octanol–water partition coefficient (Wildman–Crippen LogP) is 6.08. The van der Waals surface area contributed by atoms with Gasteiger partial charge in [-0.05, 0) is 81.9 Å². The largest absolute Gasteiger partial charge is 0.375 e. The third-order valence-electron chi connectivity index (χ3n) is 7.98. The van der Waals surface area contributed by atoms with E-state index >= 15 is 0 Å². The van der Waals surface area contributed by atoms with E-state index in [4.69, 9.17) is 18.9 Å².